The van der Waals surface area contributed by atoms with Crippen LogP contribution in [0.1, 0.15) is 24.3 Å². The lowest BCUT2D eigenvalue weighted by Crippen LogP contribution is -2.33. The van der Waals surface area contributed by atoms with Gasteiger partial charge in [0.15, 0.2) is 5.82 Å². The molecule has 1 fully saturated rings. The molecule has 26 heavy (non-hydrogen) atoms. The van der Waals surface area contributed by atoms with Crippen molar-refractivity contribution in [3.05, 3.63) is 47.6 Å². The number of nitrogens with one attached hydrogen (secondary N) is 2. The molecule has 0 radical (unpaired) electrons. The van der Waals surface area contributed by atoms with E-state index in [1.165, 1.54) is 19.3 Å². The number of thiazole rings is 1. The van der Waals surface area contributed by atoms with Crippen molar-refractivity contribution in [3.8, 4) is 0 Å². The van der Waals surface area contributed by atoms with Gasteiger partial charge in [0.1, 0.15) is 5.01 Å². The molecule has 3 heterocycles. The second-order valence-corrected chi connectivity index (χ2v) is 7.42. The summed E-state index contributed by atoms with van der Waals surface area (Å²) in [5.74, 6) is 0.849. The first-order chi connectivity index (χ1) is 12.8. The second kappa shape index (κ2) is 7.70. The van der Waals surface area contributed by atoms with Gasteiger partial charge in [-0.05, 0) is 43.5 Å². The molecule has 1 saturated heterocycles. The highest BCUT2D eigenvalue weighted by Crippen LogP contribution is 2.26. The Morgan fingerprint density at radius 2 is 1.96 bits per heavy atom. The third-order valence-corrected chi connectivity index (χ3v) is 5.47. The average Bonchev–Trinajstić information content (AvgIpc) is 3.11. The van der Waals surface area contributed by atoms with Crippen molar-refractivity contribution in [1.82, 2.24) is 15.3 Å². The highest BCUT2D eigenvalue weighted by Gasteiger charge is 2.16. The predicted molar refractivity (Wildman–Crippen MR) is 106 cm³/mol. The second-order valence-electron chi connectivity index (χ2n) is 6.31. The molecule has 1 aromatic carbocycles. The number of aromatic nitrogens is 2. The summed E-state index contributed by atoms with van der Waals surface area (Å²) in [6, 6.07) is 11.5. The summed E-state index contributed by atoms with van der Waals surface area (Å²) in [7, 11) is 0. The number of carbonyl (C=O) groups excluding carboxylic acids is 1. The lowest BCUT2D eigenvalue weighted by atomic mass is 10.1. The number of fused-ring (bicyclic) bond motifs is 1. The smallest absolute Gasteiger partial charge is 0.319 e. The first-order valence-corrected chi connectivity index (χ1v) is 9.70. The van der Waals surface area contributed by atoms with Crippen LogP contribution in [-0.2, 0) is 6.54 Å². The van der Waals surface area contributed by atoms with Crippen LogP contribution in [0.2, 0.25) is 0 Å². The monoisotopic (exact) mass is 367 g/mol. The van der Waals surface area contributed by atoms with Gasteiger partial charge in [-0.25, -0.2) is 14.8 Å². The number of amides is 2. The summed E-state index contributed by atoms with van der Waals surface area (Å²) < 4.78 is 1.13. The number of piperidine rings is 1. The quantitative estimate of drug-likeness (QED) is 0.731. The van der Waals surface area contributed by atoms with Crippen molar-refractivity contribution in [3.63, 3.8) is 0 Å². The van der Waals surface area contributed by atoms with Crippen LogP contribution in [0.4, 0.5) is 16.3 Å². The molecule has 0 aliphatic carbocycles. The third kappa shape index (κ3) is 3.77. The zero-order chi connectivity index (χ0) is 17.8. The van der Waals surface area contributed by atoms with E-state index >= 15 is 0 Å². The van der Waals surface area contributed by atoms with E-state index in [-0.39, 0.29) is 6.03 Å². The van der Waals surface area contributed by atoms with Crippen molar-refractivity contribution >= 4 is 39.1 Å². The van der Waals surface area contributed by atoms with E-state index in [2.05, 4.69) is 25.5 Å². The number of pyridine rings is 1. The molecule has 2 N–H and O–H groups in total. The molecule has 3 aromatic rings. The maximum atomic E-state index is 12.3. The first-order valence-electron chi connectivity index (χ1n) is 8.89. The normalized spacial score (nSPS) is 14.4. The molecule has 134 valence electrons. The molecule has 6 nitrogen and oxygen atoms in total. The molecule has 2 aromatic heterocycles. The van der Waals surface area contributed by atoms with Crippen molar-refractivity contribution in [2.75, 3.05) is 23.3 Å². The van der Waals surface area contributed by atoms with E-state index in [9.17, 15) is 4.79 Å². The van der Waals surface area contributed by atoms with Crippen LogP contribution in [0.3, 0.4) is 0 Å². The van der Waals surface area contributed by atoms with Gasteiger partial charge >= 0.3 is 6.03 Å². The fraction of sp³-hybridized carbons (Fsp3) is 0.316. The zero-order valence-corrected chi connectivity index (χ0v) is 15.3. The van der Waals surface area contributed by atoms with Gasteiger partial charge < -0.3 is 15.5 Å². The standard InChI is InChI=1S/C19H21N5OS/c25-19(21-13-17-22-14-7-2-3-9-16(14)26-17)23-15-8-6-10-20-18(15)24-11-4-1-5-12-24/h2-3,6-10H,1,4-5,11-13H2,(H2,21,23,25). The molecular weight excluding hydrogens is 346 g/mol. The highest BCUT2D eigenvalue weighted by molar-refractivity contribution is 7.18. The van der Waals surface area contributed by atoms with E-state index in [1.54, 1.807) is 17.5 Å². The molecule has 1 aliphatic rings. The fourth-order valence-electron chi connectivity index (χ4n) is 3.17. The number of anilines is 2. The number of rotatable bonds is 4. The Kier molecular flexibility index (Phi) is 4.97. The SMILES string of the molecule is O=C(NCc1nc2ccccc2s1)Nc1cccnc1N1CCCCC1. The van der Waals surface area contributed by atoms with Crippen LogP contribution in [0, 0.1) is 0 Å². The molecule has 2 amide bonds. The molecule has 0 atom stereocenters. The highest BCUT2D eigenvalue weighted by atomic mass is 32.1. The average molecular weight is 367 g/mol. The van der Waals surface area contributed by atoms with E-state index < -0.39 is 0 Å². The number of hydrogen-bond acceptors (Lipinski definition) is 5. The lowest BCUT2D eigenvalue weighted by molar-refractivity contribution is 0.251. The number of benzene rings is 1. The molecule has 0 spiro atoms. The summed E-state index contributed by atoms with van der Waals surface area (Å²) >= 11 is 1.60. The Morgan fingerprint density at radius 3 is 2.81 bits per heavy atom. The fourth-order valence-corrected chi connectivity index (χ4v) is 4.08. The maximum absolute atomic E-state index is 12.3. The minimum atomic E-state index is -0.240. The van der Waals surface area contributed by atoms with Crippen LogP contribution in [-0.4, -0.2) is 29.1 Å². The Bertz CT molecular complexity index is 871. The predicted octanol–water partition coefficient (Wildman–Crippen LogP) is 4.00. The summed E-state index contributed by atoms with van der Waals surface area (Å²) in [6.45, 7) is 2.38. The van der Waals surface area contributed by atoms with E-state index in [0.29, 0.717) is 6.54 Å². The number of urea groups is 1. The van der Waals surface area contributed by atoms with Gasteiger partial charge in [0.2, 0.25) is 0 Å². The van der Waals surface area contributed by atoms with Gasteiger partial charge in [-0.15, -0.1) is 11.3 Å². The van der Waals surface area contributed by atoms with Crippen LogP contribution < -0.4 is 15.5 Å². The number of carbonyl (C=O) groups is 1. The van der Waals surface area contributed by atoms with Gasteiger partial charge in [0.25, 0.3) is 0 Å². The van der Waals surface area contributed by atoms with Crippen molar-refractivity contribution in [2.45, 2.75) is 25.8 Å². The van der Waals surface area contributed by atoms with Gasteiger partial charge in [0.05, 0.1) is 22.4 Å². The molecule has 0 saturated carbocycles. The molecule has 4 rings (SSSR count). The van der Waals surface area contributed by atoms with E-state index in [0.717, 1.165) is 39.8 Å². The minimum Gasteiger partial charge on any atom is -0.355 e. The van der Waals surface area contributed by atoms with Gasteiger partial charge in [-0.2, -0.15) is 0 Å². The Balaban J connectivity index is 1.40. The summed E-state index contributed by atoms with van der Waals surface area (Å²) in [5.41, 5.74) is 1.71. The Labute approximate surface area is 156 Å². The Hall–Kier alpha value is -2.67. The maximum Gasteiger partial charge on any atom is 0.319 e. The van der Waals surface area contributed by atoms with Crippen molar-refractivity contribution in [2.24, 2.45) is 0 Å². The molecule has 0 bridgehead atoms. The summed E-state index contributed by atoms with van der Waals surface area (Å²) in [6.07, 6.45) is 5.36. The van der Waals surface area contributed by atoms with E-state index in [1.807, 2.05) is 36.4 Å². The Morgan fingerprint density at radius 1 is 1.12 bits per heavy atom. The largest absolute Gasteiger partial charge is 0.355 e. The van der Waals surface area contributed by atoms with Gasteiger partial charge in [-0.3, -0.25) is 0 Å². The lowest BCUT2D eigenvalue weighted by Gasteiger charge is -2.29. The molecule has 1 aliphatic heterocycles. The third-order valence-electron chi connectivity index (χ3n) is 4.43. The first kappa shape index (κ1) is 16.8. The van der Waals surface area contributed by atoms with Gasteiger partial charge in [0, 0.05) is 19.3 Å². The zero-order valence-electron chi connectivity index (χ0n) is 14.4. The molecule has 7 heteroatoms. The van der Waals surface area contributed by atoms with Gasteiger partial charge in [-0.1, -0.05) is 12.1 Å². The topological polar surface area (TPSA) is 70.1 Å². The van der Waals surface area contributed by atoms with E-state index in [4.69, 9.17) is 0 Å². The van der Waals surface area contributed by atoms with Crippen LogP contribution in [0.15, 0.2) is 42.6 Å². The summed E-state index contributed by atoms with van der Waals surface area (Å²) in [4.78, 5) is 23.6. The number of para-hydroxylation sites is 1. The number of nitrogens with zero attached hydrogens (tertiary/aromatic N) is 3. The van der Waals surface area contributed by atoms with Crippen LogP contribution in [0.5, 0.6) is 0 Å². The molecule has 0 unspecified atom stereocenters. The van der Waals surface area contributed by atoms with Crippen molar-refractivity contribution in [1.29, 1.82) is 0 Å². The minimum absolute atomic E-state index is 0.240. The van der Waals surface area contributed by atoms with Crippen LogP contribution in [0.25, 0.3) is 10.2 Å². The van der Waals surface area contributed by atoms with Crippen LogP contribution >= 0.6 is 11.3 Å². The molecular formula is C19H21N5OS. The number of hydrogen-bond donors (Lipinski definition) is 2. The summed E-state index contributed by atoms with van der Waals surface area (Å²) in [5, 5.41) is 6.72. The van der Waals surface area contributed by atoms with Crippen molar-refractivity contribution < 1.29 is 4.79 Å².